The van der Waals surface area contributed by atoms with E-state index in [0.717, 1.165) is 25.7 Å². The molecule has 2 rings (SSSR count). The molecular weight excluding hydrogens is 284 g/mol. The van der Waals surface area contributed by atoms with Crippen LogP contribution in [-0.2, 0) is 10.3 Å². The van der Waals surface area contributed by atoms with E-state index in [9.17, 15) is 4.79 Å². The molecule has 0 bridgehead atoms. The number of halogens is 1. The van der Waals surface area contributed by atoms with Gasteiger partial charge in [-0.15, -0.1) is 0 Å². The third-order valence-corrected chi connectivity index (χ3v) is 4.45. The maximum atomic E-state index is 11.8. The molecule has 0 atom stereocenters. The van der Waals surface area contributed by atoms with Crippen molar-refractivity contribution in [3.8, 4) is 0 Å². The first-order valence-corrected chi connectivity index (χ1v) is 6.70. The Morgan fingerprint density at radius 2 is 2.00 bits per heavy atom. The van der Waals surface area contributed by atoms with Gasteiger partial charge in [-0.25, -0.2) is 4.98 Å². The fourth-order valence-electron chi connectivity index (χ4n) is 2.45. The fraction of sp³-hybridized carbons (Fsp3) is 0.667. The van der Waals surface area contributed by atoms with Crippen molar-refractivity contribution in [2.45, 2.75) is 44.6 Å². The van der Waals surface area contributed by atoms with Crippen LogP contribution >= 0.6 is 15.9 Å². The number of rotatable bonds is 2. The first-order valence-electron chi connectivity index (χ1n) is 5.91. The third kappa shape index (κ3) is 2.31. The molecular formula is C12H17BrN2O2. The second-order valence-electron chi connectivity index (χ2n) is 4.57. The van der Waals surface area contributed by atoms with Crippen molar-refractivity contribution >= 4 is 15.9 Å². The van der Waals surface area contributed by atoms with E-state index in [4.69, 9.17) is 4.74 Å². The van der Waals surface area contributed by atoms with Gasteiger partial charge in [0, 0.05) is 7.11 Å². The average Bonchev–Trinajstić information content (AvgIpc) is 2.36. The molecule has 1 fully saturated rings. The molecule has 1 saturated carbocycles. The van der Waals surface area contributed by atoms with Gasteiger partial charge in [0.05, 0.1) is 5.69 Å². The van der Waals surface area contributed by atoms with Crippen molar-refractivity contribution in [1.82, 2.24) is 9.97 Å². The van der Waals surface area contributed by atoms with Crippen LogP contribution in [0.5, 0.6) is 0 Å². The van der Waals surface area contributed by atoms with Crippen molar-refractivity contribution < 1.29 is 4.74 Å². The number of aromatic nitrogens is 2. The van der Waals surface area contributed by atoms with Crippen LogP contribution in [0.4, 0.5) is 0 Å². The van der Waals surface area contributed by atoms with Gasteiger partial charge in [-0.3, -0.25) is 4.79 Å². The molecule has 5 heteroatoms. The highest BCUT2D eigenvalue weighted by atomic mass is 79.9. The zero-order valence-electron chi connectivity index (χ0n) is 10.2. The molecule has 0 saturated heterocycles. The topological polar surface area (TPSA) is 55.0 Å². The molecule has 0 aromatic carbocycles. The lowest BCUT2D eigenvalue weighted by molar-refractivity contribution is -0.0518. The number of hydrogen-bond donors (Lipinski definition) is 1. The van der Waals surface area contributed by atoms with E-state index in [1.165, 1.54) is 6.42 Å². The van der Waals surface area contributed by atoms with Gasteiger partial charge in [0.1, 0.15) is 15.9 Å². The Bertz CT molecular complexity index is 464. The standard InChI is InChI=1S/C12H17BrN2O2/c1-8-9(13)10(16)15-11(14-8)12(17-2)6-4-3-5-7-12/h3-7H2,1-2H3,(H,14,15,16). The first kappa shape index (κ1) is 12.8. The predicted octanol–water partition coefficient (Wildman–Crippen LogP) is 2.65. The quantitative estimate of drug-likeness (QED) is 0.913. The lowest BCUT2D eigenvalue weighted by Crippen LogP contribution is -2.35. The lowest BCUT2D eigenvalue weighted by Gasteiger charge is -2.34. The van der Waals surface area contributed by atoms with Crippen LogP contribution in [-0.4, -0.2) is 17.1 Å². The zero-order chi connectivity index (χ0) is 12.5. The van der Waals surface area contributed by atoms with Gasteiger partial charge >= 0.3 is 0 Å². The number of aromatic amines is 1. The van der Waals surface area contributed by atoms with E-state index in [-0.39, 0.29) is 5.56 Å². The Hall–Kier alpha value is -0.680. The molecule has 0 radical (unpaired) electrons. The summed E-state index contributed by atoms with van der Waals surface area (Å²) in [5, 5.41) is 0. The molecule has 17 heavy (non-hydrogen) atoms. The summed E-state index contributed by atoms with van der Waals surface area (Å²) in [6.45, 7) is 1.83. The predicted molar refractivity (Wildman–Crippen MR) is 69.1 cm³/mol. The van der Waals surface area contributed by atoms with E-state index >= 15 is 0 Å². The highest BCUT2D eigenvalue weighted by Gasteiger charge is 2.36. The molecule has 1 aliphatic carbocycles. The molecule has 0 amide bonds. The van der Waals surface area contributed by atoms with Gasteiger partial charge in [0.2, 0.25) is 0 Å². The zero-order valence-corrected chi connectivity index (χ0v) is 11.8. The van der Waals surface area contributed by atoms with E-state index in [1.54, 1.807) is 7.11 Å². The van der Waals surface area contributed by atoms with E-state index in [1.807, 2.05) is 6.92 Å². The third-order valence-electron chi connectivity index (χ3n) is 3.51. The van der Waals surface area contributed by atoms with Crippen molar-refractivity contribution in [3.05, 3.63) is 26.3 Å². The van der Waals surface area contributed by atoms with Crippen LogP contribution in [0.15, 0.2) is 9.27 Å². The van der Waals surface area contributed by atoms with Gasteiger partial charge in [-0.1, -0.05) is 19.3 Å². The fourth-order valence-corrected chi connectivity index (χ4v) is 2.64. The van der Waals surface area contributed by atoms with Gasteiger partial charge < -0.3 is 9.72 Å². The first-order chi connectivity index (χ1) is 8.09. The van der Waals surface area contributed by atoms with Crippen LogP contribution in [0, 0.1) is 6.92 Å². The number of H-pyrrole nitrogens is 1. The minimum Gasteiger partial charge on any atom is -0.370 e. The molecule has 1 aromatic rings. The molecule has 1 aliphatic rings. The van der Waals surface area contributed by atoms with Crippen LogP contribution in [0.1, 0.15) is 43.6 Å². The van der Waals surface area contributed by atoms with Crippen LogP contribution in [0.25, 0.3) is 0 Å². The van der Waals surface area contributed by atoms with Crippen molar-refractivity contribution in [2.75, 3.05) is 7.11 Å². The van der Waals surface area contributed by atoms with Gasteiger partial charge in [-0.2, -0.15) is 0 Å². The van der Waals surface area contributed by atoms with Crippen LogP contribution in [0.3, 0.4) is 0 Å². The number of nitrogens with zero attached hydrogens (tertiary/aromatic N) is 1. The molecule has 1 aromatic heterocycles. The monoisotopic (exact) mass is 300 g/mol. The van der Waals surface area contributed by atoms with Gasteiger partial charge in [0.25, 0.3) is 5.56 Å². The molecule has 0 unspecified atom stereocenters. The summed E-state index contributed by atoms with van der Waals surface area (Å²) in [6.07, 6.45) is 5.31. The Labute approximate surface area is 109 Å². The molecule has 94 valence electrons. The minimum atomic E-state index is -0.400. The minimum absolute atomic E-state index is 0.130. The largest absolute Gasteiger partial charge is 0.370 e. The molecule has 1 heterocycles. The number of methoxy groups -OCH3 is 1. The van der Waals surface area contributed by atoms with E-state index in [0.29, 0.717) is 16.0 Å². The molecule has 1 N–H and O–H groups in total. The Balaban J connectivity index is 2.47. The van der Waals surface area contributed by atoms with Gasteiger partial charge in [0.15, 0.2) is 0 Å². The smallest absolute Gasteiger partial charge is 0.265 e. The van der Waals surface area contributed by atoms with Crippen LogP contribution < -0.4 is 5.56 Å². The normalized spacial score (nSPS) is 19.2. The van der Waals surface area contributed by atoms with Crippen molar-refractivity contribution in [1.29, 1.82) is 0 Å². The summed E-state index contributed by atoms with van der Waals surface area (Å²) in [5.74, 6) is 0.672. The number of aryl methyl sites for hydroxylation is 1. The van der Waals surface area contributed by atoms with Gasteiger partial charge in [-0.05, 0) is 35.7 Å². The maximum absolute atomic E-state index is 11.8. The average molecular weight is 301 g/mol. The van der Waals surface area contributed by atoms with E-state index < -0.39 is 5.60 Å². The number of ether oxygens (including phenoxy) is 1. The Morgan fingerprint density at radius 3 is 2.53 bits per heavy atom. The Morgan fingerprint density at radius 1 is 1.35 bits per heavy atom. The molecule has 4 nitrogen and oxygen atoms in total. The SMILES string of the molecule is COC1(c2nc(C)c(Br)c(=O)[nH]2)CCCCC1. The summed E-state index contributed by atoms with van der Waals surface area (Å²) >= 11 is 3.23. The van der Waals surface area contributed by atoms with Crippen molar-refractivity contribution in [2.24, 2.45) is 0 Å². The second kappa shape index (κ2) is 4.90. The second-order valence-corrected chi connectivity index (χ2v) is 5.37. The van der Waals surface area contributed by atoms with E-state index in [2.05, 4.69) is 25.9 Å². The highest BCUT2D eigenvalue weighted by molar-refractivity contribution is 9.10. The molecule has 0 aliphatic heterocycles. The summed E-state index contributed by atoms with van der Waals surface area (Å²) in [7, 11) is 1.70. The number of nitrogens with one attached hydrogen (secondary N) is 1. The van der Waals surface area contributed by atoms with Crippen LogP contribution in [0.2, 0.25) is 0 Å². The summed E-state index contributed by atoms with van der Waals surface area (Å²) in [5.41, 5.74) is 0.184. The summed E-state index contributed by atoms with van der Waals surface area (Å²) in [6, 6.07) is 0. The lowest BCUT2D eigenvalue weighted by atomic mass is 9.84. The van der Waals surface area contributed by atoms with Crippen molar-refractivity contribution in [3.63, 3.8) is 0 Å². The Kier molecular flexibility index (Phi) is 3.68. The molecule has 0 spiro atoms. The summed E-state index contributed by atoms with van der Waals surface area (Å²) in [4.78, 5) is 19.1. The summed E-state index contributed by atoms with van der Waals surface area (Å²) < 4.78 is 6.17. The number of hydrogen-bond acceptors (Lipinski definition) is 3. The maximum Gasteiger partial charge on any atom is 0.265 e. The highest BCUT2D eigenvalue weighted by Crippen LogP contribution is 2.38.